The number of nitrogens with two attached hydrogens (primary N) is 1. The number of nitrogens with one attached hydrogen (secondary N) is 1. The molecule has 0 spiro atoms. The molecule has 0 fully saturated rings. The summed E-state index contributed by atoms with van der Waals surface area (Å²) in [5.74, 6) is 0.853. The van der Waals surface area contributed by atoms with E-state index in [1.54, 1.807) is 6.20 Å². The number of hydrogen-bond donors (Lipinski definition) is 2. The Balaban J connectivity index is 1.77. The van der Waals surface area contributed by atoms with Gasteiger partial charge < -0.3 is 11.1 Å². The number of aromatic nitrogens is 1. The minimum Gasteiger partial charge on any atom is -0.370 e. The molecule has 0 bridgehead atoms. The fourth-order valence-corrected chi connectivity index (χ4v) is 2.24. The molecule has 0 radical (unpaired) electrons. The van der Waals surface area contributed by atoms with Crippen LogP contribution < -0.4 is 11.1 Å². The van der Waals surface area contributed by atoms with Gasteiger partial charge >= 0.3 is 0 Å². The zero-order valence-electron chi connectivity index (χ0n) is 13.3. The van der Waals surface area contributed by atoms with Crippen LogP contribution >= 0.6 is 0 Å². The Kier molecular flexibility index (Phi) is 5.95. The van der Waals surface area contributed by atoms with Crippen molar-refractivity contribution in [3.8, 4) is 0 Å². The molecule has 2 aromatic rings. The summed E-state index contributed by atoms with van der Waals surface area (Å²) in [4.78, 5) is 8.70. The van der Waals surface area contributed by atoms with Crippen LogP contribution in [0.15, 0.2) is 53.7 Å². The predicted molar refractivity (Wildman–Crippen MR) is 92.0 cm³/mol. The largest absolute Gasteiger partial charge is 0.370 e. The molecule has 0 amide bonds. The molecule has 2 rings (SSSR count). The van der Waals surface area contributed by atoms with Crippen molar-refractivity contribution in [3.05, 3.63) is 65.5 Å². The van der Waals surface area contributed by atoms with Gasteiger partial charge in [0.05, 0.1) is 0 Å². The lowest BCUT2D eigenvalue weighted by Crippen LogP contribution is -2.33. The molecular weight excluding hydrogens is 272 g/mol. The summed E-state index contributed by atoms with van der Waals surface area (Å²) in [6, 6.07) is 14.4. The van der Waals surface area contributed by atoms with Crippen molar-refractivity contribution in [2.75, 3.05) is 13.1 Å². The summed E-state index contributed by atoms with van der Waals surface area (Å²) in [6.45, 7) is 5.70. The number of guanidine groups is 1. The molecule has 3 N–H and O–H groups in total. The summed E-state index contributed by atoms with van der Waals surface area (Å²) >= 11 is 0. The van der Waals surface area contributed by atoms with Crippen LogP contribution in [0.25, 0.3) is 0 Å². The fraction of sp³-hybridized carbons (Fsp3) is 0.333. The lowest BCUT2D eigenvalue weighted by molar-refractivity contribution is 0.760. The highest BCUT2D eigenvalue weighted by atomic mass is 15.1. The molecule has 0 saturated carbocycles. The van der Waals surface area contributed by atoms with Crippen molar-refractivity contribution in [1.82, 2.24) is 10.3 Å². The first-order valence-electron chi connectivity index (χ1n) is 7.65. The van der Waals surface area contributed by atoms with Crippen LogP contribution in [0.3, 0.4) is 0 Å². The first-order chi connectivity index (χ1) is 10.6. The molecular formula is C18H24N4. The van der Waals surface area contributed by atoms with Gasteiger partial charge in [0.2, 0.25) is 0 Å². The van der Waals surface area contributed by atoms with E-state index < -0.39 is 0 Å². The normalized spacial score (nSPS) is 12.9. The molecule has 1 aromatic heterocycles. The second kappa shape index (κ2) is 8.17. The van der Waals surface area contributed by atoms with Gasteiger partial charge in [0, 0.05) is 37.3 Å². The van der Waals surface area contributed by atoms with Crippen LogP contribution in [0.2, 0.25) is 0 Å². The van der Waals surface area contributed by atoms with Crippen molar-refractivity contribution in [3.63, 3.8) is 0 Å². The van der Waals surface area contributed by atoms with Gasteiger partial charge in [0.15, 0.2) is 5.96 Å². The van der Waals surface area contributed by atoms with E-state index in [4.69, 9.17) is 5.73 Å². The lowest BCUT2D eigenvalue weighted by atomic mass is 10.00. The number of benzene rings is 1. The van der Waals surface area contributed by atoms with Gasteiger partial charge in [-0.3, -0.25) is 9.98 Å². The third kappa shape index (κ3) is 5.20. The lowest BCUT2D eigenvalue weighted by Gasteiger charge is -2.11. The minimum absolute atomic E-state index is 0.357. The highest BCUT2D eigenvalue weighted by molar-refractivity contribution is 5.77. The molecule has 4 heteroatoms. The summed E-state index contributed by atoms with van der Waals surface area (Å²) in [7, 11) is 0. The van der Waals surface area contributed by atoms with Crippen molar-refractivity contribution in [2.24, 2.45) is 10.7 Å². The van der Waals surface area contributed by atoms with Crippen LogP contribution in [0.1, 0.15) is 29.7 Å². The average Bonchev–Trinajstić information content (AvgIpc) is 2.53. The predicted octanol–water partition coefficient (Wildman–Crippen LogP) is 2.64. The maximum Gasteiger partial charge on any atom is 0.188 e. The Hall–Kier alpha value is -2.36. The van der Waals surface area contributed by atoms with Crippen LogP contribution in [-0.2, 0) is 6.42 Å². The number of pyridine rings is 1. The van der Waals surface area contributed by atoms with E-state index >= 15 is 0 Å². The third-order valence-electron chi connectivity index (χ3n) is 3.56. The Morgan fingerprint density at radius 2 is 2.14 bits per heavy atom. The standard InChI is InChI=1S/C18H24N4/c1-14-6-5-7-16(12-14)15(2)13-22-18(19)21-11-9-17-8-3-4-10-20-17/h3-8,10,12,15H,9,11,13H2,1-2H3,(H3,19,21,22). The monoisotopic (exact) mass is 296 g/mol. The van der Waals surface area contributed by atoms with Crippen molar-refractivity contribution >= 4 is 5.96 Å². The molecule has 116 valence electrons. The van der Waals surface area contributed by atoms with Crippen LogP contribution in [0.4, 0.5) is 0 Å². The number of rotatable bonds is 6. The Morgan fingerprint density at radius 1 is 1.27 bits per heavy atom. The molecule has 4 nitrogen and oxygen atoms in total. The fourth-order valence-electron chi connectivity index (χ4n) is 2.24. The van der Waals surface area contributed by atoms with E-state index in [-0.39, 0.29) is 0 Å². The number of aliphatic imine (C=N–C) groups is 1. The Labute approximate surface area is 132 Å². The minimum atomic E-state index is 0.357. The highest BCUT2D eigenvalue weighted by Gasteiger charge is 2.05. The summed E-state index contributed by atoms with van der Waals surface area (Å²) in [5, 5.41) is 3.14. The van der Waals surface area contributed by atoms with Gasteiger partial charge in [-0.25, -0.2) is 0 Å². The maximum atomic E-state index is 5.91. The molecule has 1 atom stereocenters. The third-order valence-corrected chi connectivity index (χ3v) is 3.56. The molecule has 22 heavy (non-hydrogen) atoms. The highest BCUT2D eigenvalue weighted by Crippen LogP contribution is 2.16. The van der Waals surface area contributed by atoms with Gasteiger partial charge in [-0.15, -0.1) is 0 Å². The van der Waals surface area contributed by atoms with Gasteiger partial charge in [-0.1, -0.05) is 42.8 Å². The van der Waals surface area contributed by atoms with E-state index in [1.165, 1.54) is 11.1 Å². The first-order valence-corrected chi connectivity index (χ1v) is 7.65. The summed E-state index contributed by atoms with van der Waals surface area (Å²) < 4.78 is 0. The molecule has 1 heterocycles. The van der Waals surface area contributed by atoms with E-state index in [9.17, 15) is 0 Å². The van der Waals surface area contributed by atoms with Crippen LogP contribution in [0.5, 0.6) is 0 Å². The zero-order chi connectivity index (χ0) is 15.8. The molecule has 0 aliphatic carbocycles. The van der Waals surface area contributed by atoms with E-state index in [2.05, 4.69) is 53.4 Å². The van der Waals surface area contributed by atoms with Crippen molar-refractivity contribution in [1.29, 1.82) is 0 Å². The second-order valence-electron chi connectivity index (χ2n) is 5.54. The first kappa shape index (κ1) is 16.0. The van der Waals surface area contributed by atoms with Gasteiger partial charge in [-0.2, -0.15) is 0 Å². The topological polar surface area (TPSA) is 63.3 Å². The van der Waals surface area contributed by atoms with Crippen LogP contribution in [-0.4, -0.2) is 24.0 Å². The zero-order valence-corrected chi connectivity index (χ0v) is 13.3. The average molecular weight is 296 g/mol. The number of hydrogen-bond acceptors (Lipinski definition) is 2. The second-order valence-corrected chi connectivity index (χ2v) is 5.54. The van der Waals surface area contributed by atoms with E-state index in [1.807, 2.05) is 18.2 Å². The van der Waals surface area contributed by atoms with E-state index in [0.717, 1.165) is 18.7 Å². The summed E-state index contributed by atoms with van der Waals surface area (Å²) in [6.07, 6.45) is 2.64. The number of nitrogens with zero attached hydrogens (tertiary/aromatic N) is 2. The molecule has 0 aliphatic heterocycles. The molecule has 1 aromatic carbocycles. The van der Waals surface area contributed by atoms with Crippen LogP contribution in [0, 0.1) is 6.92 Å². The summed E-state index contributed by atoms with van der Waals surface area (Å²) in [5.41, 5.74) is 9.53. The van der Waals surface area contributed by atoms with Gasteiger partial charge in [0.25, 0.3) is 0 Å². The Bertz CT molecular complexity index is 607. The molecule has 1 unspecified atom stereocenters. The maximum absolute atomic E-state index is 5.91. The van der Waals surface area contributed by atoms with Gasteiger partial charge in [0.1, 0.15) is 0 Å². The number of aryl methyl sites for hydroxylation is 1. The SMILES string of the molecule is Cc1cccc(C(C)CN=C(N)NCCc2ccccn2)c1. The quantitative estimate of drug-likeness (QED) is 0.636. The smallest absolute Gasteiger partial charge is 0.188 e. The van der Waals surface area contributed by atoms with E-state index in [0.29, 0.717) is 18.4 Å². The van der Waals surface area contributed by atoms with Gasteiger partial charge in [-0.05, 0) is 24.6 Å². The molecule has 0 saturated heterocycles. The van der Waals surface area contributed by atoms with Crippen molar-refractivity contribution in [2.45, 2.75) is 26.2 Å². The van der Waals surface area contributed by atoms with Crippen molar-refractivity contribution < 1.29 is 0 Å². The Morgan fingerprint density at radius 3 is 2.86 bits per heavy atom. The molecule has 0 aliphatic rings.